The van der Waals surface area contributed by atoms with E-state index < -0.39 is 23.7 Å². The molecular weight excluding hydrogens is 520 g/mol. The third-order valence-corrected chi connectivity index (χ3v) is 8.25. The second-order valence-electron chi connectivity index (χ2n) is 11.0. The third kappa shape index (κ3) is 3.43. The van der Waals surface area contributed by atoms with E-state index in [1.807, 2.05) is 0 Å². The van der Waals surface area contributed by atoms with E-state index in [-0.39, 0.29) is 30.5 Å². The molecule has 4 aromatic rings. The van der Waals surface area contributed by atoms with E-state index in [1.54, 1.807) is 60.2 Å². The van der Waals surface area contributed by atoms with E-state index in [9.17, 15) is 18.7 Å². The monoisotopic (exact) mass is 543 g/mol. The van der Waals surface area contributed by atoms with Crippen LogP contribution in [0.3, 0.4) is 0 Å². The molecule has 2 aliphatic carbocycles. The van der Waals surface area contributed by atoms with Crippen molar-refractivity contribution in [3.63, 3.8) is 0 Å². The van der Waals surface area contributed by atoms with Gasteiger partial charge in [0, 0.05) is 53.8 Å². The number of alkyl halides is 2. The number of aliphatic hydroxyl groups is 1. The predicted molar refractivity (Wildman–Crippen MR) is 137 cm³/mol. The molecule has 0 radical (unpaired) electrons. The lowest BCUT2D eigenvalue weighted by Gasteiger charge is -2.41. The van der Waals surface area contributed by atoms with Crippen molar-refractivity contribution in [2.24, 2.45) is 0 Å². The Morgan fingerprint density at radius 2 is 1.95 bits per heavy atom. The molecule has 10 nitrogen and oxygen atoms in total. The van der Waals surface area contributed by atoms with Gasteiger partial charge in [0.2, 0.25) is 5.82 Å². The molecule has 1 amide bonds. The molecule has 0 spiro atoms. The number of halogens is 2. The highest BCUT2D eigenvalue weighted by atomic mass is 19.3. The molecule has 12 heteroatoms. The average molecular weight is 544 g/mol. The van der Waals surface area contributed by atoms with E-state index in [0.29, 0.717) is 46.0 Å². The standard InChI is InChI=1S/C28H23F2N7O3/c1-27(39)12-28(13-27,31-2)25-32-10-14(11-33-25)17-7-8-37-23(34-17)21-16-9-18(22(21)35-37)36(3)24(38)15-5-4-6-19(20(15)16)40-26(29)30/h4-8,10-11,16,18,26,39H,9,12-13H2,1,3H3/t16-,18-,27?,28?/m1/s1. The van der Waals surface area contributed by atoms with Gasteiger partial charge in [-0.3, -0.25) is 4.79 Å². The van der Waals surface area contributed by atoms with Crippen molar-refractivity contribution in [3.8, 4) is 17.0 Å². The van der Waals surface area contributed by atoms with Crippen LogP contribution in [0.4, 0.5) is 8.78 Å². The summed E-state index contributed by atoms with van der Waals surface area (Å²) in [7, 11) is 1.69. The Morgan fingerprint density at radius 3 is 2.62 bits per heavy atom. The first-order chi connectivity index (χ1) is 19.1. The molecule has 1 fully saturated rings. The van der Waals surface area contributed by atoms with Crippen LogP contribution in [0.25, 0.3) is 21.7 Å². The minimum absolute atomic E-state index is 0.0315. The molecule has 3 aliphatic rings. The zero-order valence-electron chi connectivity index (χ0n) is 21.5. The van der Waals surface area contributed by atoms with E-state index >= 15 is 0 Å². The van der Waals surface area contributed by atoms with Gasteiger partial charge in [-0.25, -0.2) is 26.0 Å². The number of ether oxygens (including phenoxy) is 1. The molecule has 1 N–H and O–H groups in total. The number of aromatic nitrogens is 5. The van der Waals surface area contributed by atoms with Crippen molar-refractivity contribution in [1.82, 2.24) is 29.5 Å². The summed E-state index contributed by atoms with van der Waals surface area (Å²) >= 11 is 0. The van der Waals surface area contributed by atoms with Crippen LogP contribution in [-0.2, 0) is 5.54 Å². The van der Waals surface area contributed by atoms with Gasteiger partial charge < -0.3 is 19.6 Å². The van der Waals surface area contributed by atoms with Crippen LogP contribution in [0.15, 0.2) is 42.9 Å². The number of carbonyl (C=O) groups excluding carboxylic acids is 1. The molecule has 1 aliphatic heterocycles. The maximum Gasteiger partial charge on any atom is 0.387 e. The lowest BCUT2D eigenvalue weighted by molar-refractivity contribution is -0.0620. The summed E-state index contributed by atoms with van der Waals surface area (Å²) in [5, 5.41) is 14.9. The highest BCUT2D eigenvalue weighted by molar-refractivity contribution is 5.98. The highest BCUT2D eigenvalue weighted by Crippen LogP contribution is 2.53. The molecule has 3 aromatic heterocycles. The van der Waals surface area contributed by atoms with Gasteiger partial charge in [-0.05, 0) is 31.5 Å². The first kappa shape index (κ1) is 24.5. The number of benzene rings is 1. The molecule has 7 rings (SSSR count). The molecular formula is C28H23F2N7O3. The zero-order chi connectivity index (χ0) is 28.0. The summed E-state index contributed by atoms with van der Waals surface area (Å²) < 4.78 is 33.2. The van der Waals surface area contributed by atoms with Gasteiger partial charge in [0.1, 0.15) is 5.75 Å². The van der Waals surface area contributed by atoms with Crippen LogP contribution in [0.5, 0.6) is 5.75 Å². The number of fused-ring (bicyclic) bond motifs is 9. The Balaban J connectivity index is 1.33. The van der Waals surface area contributed by atoms with E-state index in [0.717, 1.165) is 5.56 Å². The molecule has 40 heavy (non-hydrogen) atoms. The first-order valence-electron chi connectivity index (χ1n) is 12.8. The summed E-state index contributed by atoms with van der Waals surface area (Å²) in [6.07, 6.45) is 5.98. The fourth-order valence-electron chi connectivity index (χ4n) is 6.58. The molecule has 1 aromatic carbocycles. The van der Waals surface area contributed by atoms with Gasteiger partial charge in [-0.2, -0.15) is 13.9 Å². The van der Waals surface area contributed by atoms with Gasteiger partial charge in [0.25, 0.3) is 11.4 Å². The number of nitrogens with zero attached hydrogens (tertiary/aromatic N) is 7. The van der Waals surface area contributed by atoms with Crippen LogP contribution in [-0.4, -0.2) is 59.7 Å². The molecule has 202 valence electrons. The van der Waals surface area contributed by atoms with Crippen molar-refractivity contribution in [1.29, 1.82) is 0 Å². The number of hydrogen-bond acceptors (Lipinski definition) is 7. The summed E-state index contributed by atoms with van der Waals surface area (Å²) in [6.45, 7) is 6.28. The predicted octanol–water partition coefficient (Wildman–Crippen LogP) is 4.11. The normalized spacial score (nSPS) is 26.7. The lowest BCUT2D eigenvalue weighted by atomic mass is 9.66. The second kappa shape index (κ2) is 8.25. The minimum atomic E-state index is -3.04. The van der Waals surface area contributed by atoms with E-state index in [2.05, 4.69) is 14.8 Å². The fourth-order valence-corrected chi connectivity index (χ4v) is 6.58. The second-order valence-corrected chi connectivity index (χ2v) is 11.0. The minimum Gasteiger partial charge on any atom is -0.434 e. The van der Waals surface area contributed by atoms with Gasteiger partial charge in [-0.15, -0.1) is 0 Å². The first-order valence-corrected chi connectivity index (χ1v) is 12.8. The summed E-state index contributed by atoms with van der Waals surface area (Å²) in [4.78, 5) is 32.4. The fraction of sp³-hybridized carbons (Fsp3) is 0.357. The van der Waals surface area contributed by atoms with Crippen LogP contribution >= 0.6 is 0 Å². The topological polar surface area (TPSA) is 110 Å². The number of rotatable bonds is 4. The maximum atomic E-state index is 13.3. The largest absolute Gasteiger partial charge is 0.434 e. The maximum absolute atomic E-state index is 13.3. The molecule has 4 heterocycles. The molecule has 2 bridgehead atoms. The van der Waals surface area contributed by atoms with Crippen LogP contribution in [0.1, 0.15) is 71.1 Å². The Hall–Kier alpha value is -4.50. The Morgan fingerprint density at radius 1 is 1.20 bits per heavy atom. The van der Waals surface area contributed by atoms with Gasteiger partial charge in [0.15, 0.2) is 5.65 Å². The Labute approximate surface area is 227 Å². The Kier molecular flexibility index (Phi) is 5.06. The zero-order valence-corrected chi connectivity index (χ0v) is 21.5. The Bertz CT molecular complexity index is 1740. The summed E-state index contributed by atoms with van der Waals surface area (Å²) in [6, 6.07) is 6.05. The van der Waals surface area contributed by atoms with Gasteiger partial charge in [0.05, 0.1) is 35.9 Å². The van der Waals surface area contributed by atoms with E-state index in [1.165, 1.54) is 6.07 Å². The van der Waals surface area contributed by atoms with Crippen molar-refractivity contribution in [2.45, 2.75) is 55.9 Å². The van der Waals surface area contributed by atoms with E-state index in [4.69, 9.17) is 21.4 Å². The average Bonchev–Trinajstić information content (AvgIpc) is 3.44. The molecule has 2 atom stereocenters. The van der Waals surface area contributed by atoms with Crippen molar-refractivity contribution in [2.75, 3.05) is 7.05 Å². The van der Waals surface area contributed by atoms with Crippen LogP contribution < -0.4 is 4.74 Å². The van der Waals surface area contributed by atoms with Crippen LogP contribution in [0, 0.1) is 6.57 Å². The van der Waals surface area contributed by atoms with Crippen molar-refractivity contribution < 1.29 is 23.4 Å². The highest BCUT2D eigenvalue weighted by Gasteiger charge is 2.60. The lowest BCUT2D eigenvalue weighted by Crippen LogP contribution is -2.51. The summed E-state index contributed by atoms with van der Waals surface area (Å²) in [5.74, 6) is -0.371. The van der Waals surface area contributed by atoms with Crippen molar-refractivity contribution in [3.05, 3.63) is 82.5 Å². The number of amides is 1. The third-order valence-electron chi connectivity index (χ3n) is 8.25. The van der Waals surface area contributed by atoms with Crippen molar-refractivity contribution >= 4 is 11.6 Å². The molecule has 0 saturated heterocycles. The van der Waals surface area contributed by atoms with Gasteiger partial charge in [-0.1, -0.05) is 6.07 Å². The van der Waals surface area contributed by atoms with Crippen LogP contribution in [0.2, 0.25) is 0 Å². The quantitative estimate of drug-likeness (QED) is 0.386. The number of carbonyl (C=O) groups is 1. The smallest absolute Gasteiger partial charge is 0.387 e. The SMILES string of the molecule is [C-]#[N+]C1(c2ncc(-c3ccn4nc5c(c4n3)[C@@H]3C[C@H]5N(C)C(=O)c4cccc(OC(F)F)c43)cn2)CC(C)(O)C1. The summed E-state index contributed by atoms with van der Waals surface area (Å²) in [5.41, 5.74) is 2.06. The number of hydrogen-bond donors (Lipinski definition) is 1. The van der Waals surface area contributed by atoms with Gasteiger partial charge >= 0.3 is 6.61 Å². The molecule has 0 unspecified atom stereocenters. The molecule has 1 saturated carbocycles.